The molecule has 146 valence electrons. The number of carbonyl (C=O) groups is 1. The van der Waals surface area contributed by atoms with E-state index in [1.807, 2.05) is 48.5 Å². The van der Waals surface area contributed by atoms with E-state index in [4.69, 9.17) is 10.00 Å². The maximum absolute atomic E-state index is 12.1. The van der Waals surface area contributed by atoms with Crippen LogP contribution in [0.1, 0.15) is 24.8 Å². The molecule has 1 aliphatic rings. The molecule has 1 atom stereocenters. The average molecular weight is 378 g/mol. The maximum Gasteiger partial charge on any atom is 0.319 e. The average Bonchev–Trinajstić information content (AvgIpc) is 2.74. The zero-order valence-corrected chi connectivity index (χ0v) is 15.9. The fourth-order valence-electron chi connectivity index (χ4n) is 3.45. The predicted octanol–water partition coefficient (Wildman–Crippen LogP) is 3.61. The van der Waals surface area contributed by atoms with Gasteiger partial charge >= 0.3 is 6.03 Å². The molecule has 2 amide bonds. The first-order chi connectivity index (χ1) is 13.8. The molecule has 2 aromatic rings. The quantitative estimate of drug-likeness (QED) is 0.771. The summed E-state index contributed by atoms with van der Waals surface area (Å²) in [5.41, 5.74) is 1.34. The van der Waals surface area contributed by atoms with E-state index in [-0.39, 0.29) is 6.03 Å². The minimum Gasteiger partial charge on any atom is -0.491 e. The van der Waals surface area contributed by atoms with Crippen LogP contribution in [0.15, 0.2) is 54.6 Å². The minimum atomic E-state index is -0.184. The first-order valence-electron chi connectivity index (χ1n) is 9.72. The minimum absolute atomic E-state index is 0.184. The third-order valence-corrected chi connectivity index (χ3v) is 4.92. The zero-order chi connectivity index (χ0) is 19.6. The van der Waals surface area contributed by atoms with Crippen LogP contribution < -0.4 is 15.4 Å². The van der Waals surface area contributed by atoms with Gasteiger partial charge < -0.3 is 15.4 Å². The lowest BCUT2D eigenvalue weighted by atomic mass is 10.0. The Hall–Kier alpha value is -3.04. The van der Waals surface area contributed by atoms with Crippen molar-refractivity contribution in [2.75, 3.05) is 31.6 Å². The highest BCUT2D eigenvalue weighted by atomic mass is 16.5. The second-order valence-electron chi connectivity index (χ2n) is 6.84. The van der Waals surface area contributed by atoms with Crippen molar-refractivity contribution in [3.05, 3.63) is 60.2 Å². The molecular weight excluding hydrogens is 352 g/mol. The summed E-state index contributed by atoms with van der Waals surface area (Å²) >= 11 is 0. The molecule has 28 heavy (non-hydrogen) atoms. The normalized spacial score (nSPS) is 16.8. The van der Waals surface area contributed by atoms with Crippen LogP contribution in [0.5, 0.6) is 5.75 Å². The van der Waals surface area contributed by atoms with E-state index in [0.717, 1.165) is 31.6 Å². The Labute approximate surface area is 166 Å². The van der Waals surface area contributed by atoms with Gasteiger partial charge in [-0.2, -0.15) is 5.26 Å². The zero-order valence-electron chi connectivity index (χ0n) is 15.9. The molecule has 1 aliphatic heterocycles. The third kappa shape index (κ3) is 5.73. The van der Waals surface area contributed by atoms with Gasteiger partial charge in [0.1, 0.15) is 18.4 Å². The molecule has 1 saturated heterocycles. The van der Waals surface area contributed by atoms with Crippen molar-refractivity contribution in [1.29, 1.82) is 5.26 Å². The lowest BCUT2D eigenvalue weighted by Gasteiger charge is -2.35. The molecule has 1 fully saturated rings. The Morgan fingerprint density at radius 1 is 1.14 bits per heavy atom. The number of para-hydroxylation sites is 2. The number of likely N-dealkylation sites (tertiary alicyclic amines) is 1. The maximum atomic E-state index is 12.1. The van der Waals surface area contributed by atoms with Gasteiger partial charge in [-0.1, -0.05) is 36.8 Å². The van der Waals surface area contributed by atoms with Gasteiger partial charge in [0.2, 0.25) is 0 Å². The summed E-state index contributed by atoms with van der Waals surface area (Å²) in [6, 6.07) is 19.0. The number of hydrogen-bond donors (Lipinski definition) is 2. The Morgan fingerprint density at radius 3 is 2.75 bits per heavy atom. The highest BCUT2D eigenvalue weighted by molar-refractivity contribution is 5.89. The number of benzene rings is 2. The number of amides is 2. The van der Waals surface area contributed by atoms with Gasteiger partial charge in [-0.15, -0.1) is 0 Å². The number of anilines is 1. The Kier molecular flexibility index (Phi) is 7.28. The molecule has 0 aliphatic carbocycles. The van der Waals surface area contributed by atoms with E-state index in [9.17, 15) is 4.79 Å². The van der Waals surface area contributed by atoms with Crippen LogP contribution in [0.3, 0.4) is 0 Å². The van der Waals surface area contributed by atoms with Gasteiger partial charge in [-0.25, -0.2) is 4.79 Å². The van der Waals surface area contributed by atoms with Crippen molar-refractivity contribution < 1.29 is 9.53 Å². The van der Waals surface area contributed by atoms with Gasteiger partial charge in [0, 0.05) is 24.8 Å². The Balaban J connectivity index is 1.46. The molecule has 0 bridgehead atoms. The molecule has 1 heterocycles. The first kappa shape index (κ1) is 19.7. The molecule has 0 aromatic heterocycles. The van der Waals surface area contributed by atoms with Crippen LogP contribution in [0, 0.1) is 11.3 Å². The molecular formula is C22H26N4O2. The van der Waals surface area contributed by atoms with Gasteiger partial charge in [0.15, 0.2) is 0 Å². The molecule has 3 rings (SSSR count). The van der Waals surface area contributed by atoms with E-state index in [2.05, 4.69) is 21.6 Å². The fourth-order valence-corrected chi connectivity index (χ4v) is 3.45. The highest BCUT2D eigenvalue weighted by Gasteiger charge is 2.22. The van der Waals surface area contributed by atoms with Crippen LogP contribution in [-0.2, 0) is 0 Å². The lowest BCUT2D eigenvalue weighted by molar-refractivity contribution is 0.123. The van der Waals surface area contributed by atoms with Crippen LogP contribution in [-0.4, -0.2) is 43.2 Å². The van der Waals surface area contributed by atoms with E-state index >= 15 is 0 Å². The molecule has 0 spiro atoms. The van der Waals surface area contributed by atoms with Crippen molar-refractivity contribution in [2.24, 2.45) is 0 Å². The number of carbonyl (C=O) groups excluding carboxylic acids is 1. The SMILES string of the molecule is N#Cc1ccccc1OCCN1CCCCC1CNC(=O)Nc1ccccc1. The van der Waals surface area contributed by atoms with Gasteiger partial charge in [-0.3, -0.25) is 4.90 Å². The van der Waals surface area contributed by atoms with Crippen molar-refractivity contribution >= 4 is 11.7 Å². The number of hydrogen-bond acceptors (Lipinski definition) is 4. The third-order valence-electron chi connectivity index (χ3n) is 4.92. The molecule has 6 heteroatoms. The molecule has 0 radical (unpaired) electrons. The summed E-state index contributed by atoms with van der Waals surface area (Å²) in [4.78, 5) is 14.5. The molecule has 1 unspecified atom stereocenters. The summed E-state index contributed by atoms with van der Waals surface area (Å²) in [6.45, 7) is 2.89. The smallest absolute Gasteiger partial charge is 0.319 e. The standard InChI is InChI=1S/C22H26N4O2/c23-16-18-8-4-5-12-21(18)28-15-14-26-13-7-6-11-20(26)17-24-22(27)25-19-9-2-1-3-10-19/h1-5,8-10,12,20H,6-7,11,13-15,17H2,(H2,24,25,27). The highest BCUT2D eigenvalue weighted by Crippen LogP contribution is 2.19. The summed E-state index contributed by atoms with van der Waals surface area (Å²) in [6.07, 6.45) is 3.38. The number of nitrogens with one attached hydrogen (secondary N) is 2. The molecule has 0 saturated carbocycles. The first-order valence-corrected chi connectivity index (χ1v) is 9.72. The van der Waals surface area contributed by atoms with Crippen molar-refractivity contribution in [2.45, 2.75) is 25.3 Å². The Bertz CT molecular complexity index is 804. The number of nitriles is 1. The second-order valence-corrected chi connectivity index (χ2v) is 6.84. The van der Waals surface area contributed by atoms with Gasteiger partial charge in [0.05, 0.1) is 5.56 Å². The van der Waals surface area contributed by atoms with E-state index in [1.165, 1.54) is 6.42 Å². The largest absolute Gasteiger partial charge is 0.491 e. The van der Waals surface area contributed by atoms with Crippen LogP contribution in [0.4, 0.5) is 10.5 Å². The van der Waals surface area contributed by atoms with E-state index in [0.29, 0.717) is 30.5 Å². The van der Waals surface area contributed by atoms with Crippen molar-refractivity contribution in [3.8, 4) is 11.8 Å². The van der Waals surface area contributed by atoms with Crippen molar-refractivity contribution in [3.63, 3.8) is 0 Å². The van der Waals surface area contributed by atoms with E-state index in [1.54, 1.807) is 6.07 Å². The summed E-state index contributed by atoms with van der Waals surface area (Å²) in [5.74, 6) is 0.624. The lowest BCUT2D eigenvalue weighted by Crippen LogP contribution is -2.48. The number of piperidine rings is 1. The van der Waals surface area contributed by atoms with Crippen LogP contribution in [0.2, 0.25) is 0 Å². The number of rotatable bonds is 7. The number of ether oxygens (including phenoxy) is 1. The number of urea groups is 1. The number of nitrogens with zero attached hydrogens (tertiary/aromatic N) is 2. The van der Waals surface area contributed by atoms with Gasteiger partial charge in [-0.05, 0) is 43.7 Å². The monoisotopic (exact) mass is 378 g/mol. The van der Waals surface area contributed by atoms with Gasteiger partial charge in [0.25, 0.3) is 0 Å². The Morgan fingerprint density at radius 2 is 1.93 bits per heavy atom. The van der Waals surface area contributed by atoms with Crippen molar-refractivity contribution in [1.82, 2.24) is 10.2 Å². The second kappa shape index (κ2) is 10.3. The molecule has 6 nitrogen and oxygen atoms in total. The summed E-state index contributed by atoms with van der Waals surface area (Å²) in [5, 5.41) is 15.0. The summed E-state index contributed by atoms with van der Waals surface area (Å²) < 4.78 is 5.82. The fraction of sp³-hybridized carbons (Fsp3) is 0.364. The van der Waals surface area contributed by atoms with E-state index < -0.39 is 0 Å². The van der Waals surface area contributed by atoms with Crippen LogP contribution in [0.25, 0.3) is 0 Å². The predicted molar refractivity (Wildman–Crippen MR) is 109 cm³/mol. The topological polar surface area (TPSA) is 77.4 Å². The molecule has 2 N–H and O–H groups in total. The van der Waals surface area contributed by atoms with Crippen LogP contribution >= 0.6 is 0 Å². The summed E-state index contributed by atoms with van der Waals surface area (Å²) in [7, 11) is 0. The molecule has 2 aromatic carbocycles.